The molecular weight excluding hydrogens is 386 g/mol. The molecule has 0 spiro atoms. The van der Waals surface area contributed by atoms with E-state index in [4.69, 9.17) is 8.83 Å². The summed E-state index contributed by atoms with van der Waals surface area (Å²) in [5, 5.41) is 7.52. The van der Waals surface area contributed by atoms with Gasteiger partial charge in [-0.3, -0.25) is 9.38 Å². The van der Waals surface area contributed by atoms with Gasteiger partial charge in [-0.15, -0.1) is 0 Å². The minimum absolute atomic E-state index is 0.851. The summed E-state index contributed by atoms with van der Waals surface area (Å²) in [5.41, 5.74) is 5.45. The van der Waals surface area contributed by atoms with Crippen LogP contribution in [-0.2, 0) is 0 Å². The highest BCUT2D eigenvalue weighted by molar-refractivity contribution is 6.28. The first-order valence-corrected chi connectivity index (χ1v) is 10.2. The number of pyridine rings is 2. The van der Waals surface area contributed by atoms with Gasteiger partial charge < -0.3 is 8.83 Å². The van der Waals surface area contributed by atoms with Crippen LogP contribution in [0.4, 0.5) is 0 Å². The topological polar surface area (TPSA) is 56.5 Å². The maximum absolute atomic E-state index is 6.34. The van der Waals surface area contributed by atoms with Crippen molar-refractivity contribution in [2.45, 2.75) is 0 Å². The molecule has 0 unspecified atom stereocenters. The van der Waals surface area contributed by atoms with Crippen molar-refractivity contribution in [1.29, 1.82) is 0 Å². The van der Waals surface area contributed by atoms with Gasteiger partial charge in [0.1, 0.15) is 28.0 Å². The Hall–Kier alpha value is -4.38. The van der Waals surface area contributed by atoms with E-state index in [1.165, 1.54) is 0 Å². The van der Waals surface area contributed by atoms with Gasteiger partial charge in [0.2, 0.25) is 0 Å². The van der Waals surface area contributed by atoms with Crippen LogP contribution in [-0.4, -0.2) is 14.4 Å². The van der Waals surface area contributed by atoms with Crippen LogP contribution in [0.25, 0.3) is 71.2 Å². The fourth-order valence-corrected chi connectivity index (χ4v) is 5.03. The third kappa shape index (κ3) is 1.82. The Kier molecular flexibility index (Phi) is 2.60. The summed E-state index contributed by atoms with van der Waals surface area (Å²) in [6, 6.07) is 18.5. The molecule has 0 N–H and O–H groups in total. The number of benzene rings is 3. The van der Waals surface area contributed by atoms with E-state index in [1.807, 2.05) is 55.1 Å². The predicted molar refractivity (Wildman–Crippen MR) is 123 cm³/mol. The molecule has 3 aromatic carbocycles. The summed E-state index contributed by atoms with van der Waals surface area (Å²) in [6.45, 7) is 0. The molecule has 31 heavy (non-hydrogen) atoms. The van der Waals surface area contributed by atoms with Gasteiger partial charge in [0.25, 0.3) is 0 Å². The molecule has 0 saturated heterocycles. The average Bonchev–Trinajstić information content (AvgIpc) is 3.52. The number of aromatic nitrogens is 3. The number of hydrogen-bond acceptors (Lipinski definition) is 4. The van der Waals surface area contributed by atoms with Crippen LogP contribution in [0.15, 0.2) is 88.2 Å². The molecule has 0 amide bonds. The van der Waals surface area contributed by atoms with Crippen LogP contribution in [0.5, 0.6) is 0 Å². The predicted octanol–water partition coefficient (Wildman–Crippen LogP) is 6.83. The van der Waals surface area contributed by atoms with Crippen LogP contribution in [0, 0.1) is 0 Å². The lowest BCUT2D eigenvalue weighted by Crippen LogP contribution is -1.91. The molecule has 0 aliphatic rings. The quantitative estimate of drug-likeness (QED) is 0.262. The van der Waals surface area contributed by atoms with Crippen LogP contribution >= 0.6 is 0 Å². The maximum atomic E-state index is 6.34. The number of imidazole rings is 1. The molecule has 5 heteroatoms. The Bertz CT molecular complexity index is 2010. The first-order valence-electron chi connectivity index (χ1n) is 10.2. The normalized spacial score (nSPS) is 12.5. The van der Waals surface area contributed by atoms with Gasteiger partial charge in [0.05, 0.1) is 5.52 Å². The number of rotatable bonds is 0. The van der Waals surface area contributed by atoms with E-state index in [2.05, 4.69) is 38.6 Å². The van der Waals surface area contributed by atoms with Gasteiger partial charge in [-0.05, 0) is 36.4 Å². The number of fused-ring (bicyclic) bond motifs is 13. The summed E-state index contributed by atoms with van der Waals surface area (Å²) >= 11 is 0. The zero-order chi connectivity index (χ0) is 20.1. The van der Waals surface area contributed by atoms with E-state index in [0.717, 1.165) is 71.2 Å². The van der Waals surface area contributed by atoms with Crippen molar-refractivity contribution < 1.29 is 8.83 Å². The zero-order valence-electron chi connectivity index (χ0n) is 16.2. The molecule has 0 saturated carbocycles. The fourth-order valence-electron chi connectivity index (χ4n) is 5.03. The van der Waals surface area contributed by atoms with Crippen molar-refractivity contribution in [1.82, 2.24) is 14.4 Å². The first-order chi connectivity index (χ1) is 15.4. The van der Waals surface area contributed by atoms with Crippen LogP contribution in [0.1, 0.15) is 0 Å². The van der Waals surface area contributed by atoms with Gasteiger partial charge in [-0.1, -0.05) is 18.2 Å². The van der Waals surface area contributed by atoms with E-state index in [0.29, 0.717) is 0 Å². The first kappa shape index (κ1) is 15.5. The Labute approximate surface area is 174 Å². The Morgan fingerprint density at radius 1 is 0.645 bits per heavy atom. The Morgan fingerprint density at radius 3 is 2.52 bits per heavy atom. The van der Waals surface area contributed by atoms with Gasteiger partial charge >= 0.3 is 0 Å². The van der Waals surface area contributed by atoms with Crippen molar-refractivity contribution in [3.8, 4) is 0 Å². The highest BCUT2D eigenvalue weighted by Crippen LogP contribution is 2.41. The van der Waals surface area contributed by atoms with Crippen LogP contribution in [0.2, 0.25) is 0 Å². The van der Waals surface area contributed by atoms with Crippen LogP contribution in [0.3, 0.4) is 0 Å². The summed E-state index contributed by atoms with van der Waals surface area (Å²) < 4.78 is 14.6. The number of hydrogen-bond donors (Lipinski definition) is 0. The maximum Gasteiger partial charge on any atom is 0.145 e. The molecule has 5 aromatic heterocycles. The highest BCUT2D eigenvalue weighted by Gasteiger charge is 2.18. The lowest BCUT2D eigenvalue weighted by atomic mass is 10.0. The van der Waals surface area contributed by atoms with Crippen molar-refractivity contribution in [2.75, 3.05) is 0 Å². The number of furan rings is 2. The molecule has 8 rings (SSSR count). The molecule has 0 aliphatic heterocycles. The monoisotopic (exact) mass is 399 g/mol. The number of para-hydroxylation sites is 1. The van der Waals surface area contributed by atoms with Gasteiger partial charge in [0, 0.05) is 62.5 Å². The van der Waals surface area contributed by atoms with E-state index in [1.54, 1.807) is 0 Å². The molecular formula is C26H13N3O2. The molecule has 5 heterocycles. The van der Waals surface area contributed by atoms with E-state index >= 15 is 0 Å². The van der Waals surface area contributed by atoms with Gasteiger partial charge in [0.15, 0.2) is 0 Å². The van der Waals surface area contributed by atoms with E-state index in [9.17, 15) is 0 Å². The SMILES string of the molecule is c1ccc2c(c1)oc1cc3c(cc12)oc1ccc2c(c4cnccc4c4nccn24)c13. The molecule has 0 bridgehead atoms. The van der Waals surface area contributed by atoms with E-state index < -0.39 is 0 Å². The Morgan fingerprint density at radius 2 is 1.52 bits per heavy atom. The van der Waals surface area contributed by atoms with Gasteiger partial charge in [-0.2, -0.15) is 0 Å². The third-order valence-electron chi connectivity index (χ3n) is 6.34. The molecule has 0 fully saturated rings. The minimum atomic E-state index is 0.851. The molecule has 5 nitrogen and oxygen atoms in total. The molecule has 0 aliphatic carbocycles. The van der Waals surface area contributed by atoms with E-state index in [-0.39, 0.29) is 0 Å². The van der Waals surface area contributed by atoms with Crippen molar-refractivity contribution in [2.24, 2.45) is 0 Å². The molecule has 8 aromatic rings. The molecule has 0 radical (unpaired) electrons. The largest absolute Gasteiger partial charge is 0.456 e. The second-order valence-electron chi connectivity index (χ2n) is 7.92. The third-order valence-corrected chi connectivity index (χ3v) is 6.34. The summed E-state index contributed by atoms with van der Waals surface area (Å²) in [5.74, 6) is 0. The second kappa shape index (κ2) is 5.21. The summed E-state index contributed by atoms with van der Waals surface area (Å²) in [4.78, 5) is 9.01. The standard InChI is InChI=1S/C26H13N3O2/c1-2-4-20-14(3-1)16-11-23-17(12-22(16)30-20)25-21(31-23)6-5-19-24(25)18-13-27-8-7-15(18)26-28-9-10-29(19)26/h1-13H. The fraction of sp³-hybridized carbons (Fsp3) is 0. The minimum Gasteiger partial charge on any atom is -0.456 e. The summed E-state index contributed by atoms with van der Waals surface area (Å²) in [6.07, 6.45) is 7.58. The van der Waals surface area contributed by atoms with Crippen LogP contribution < -0.4 is 0 Å². The van der Waals surface area contributed by atoms with Gasteiger partial charge in [-0.25, -0.2) is 4.98 Å². The summed E-state index contributed by atoms with van der Waals surface area (Å²) in [7, 11) is 0. The molecule has 144 valence electrons. The molecule has 0 atom stereocenters. The highest BCUT2D eigenvalue weighted by atomic mass is 16.3. The lowest BCUT2D eigenvalue weighted by Gasteiger charge is -2.08. The Balaban J connectivity index is 1.67. The van der Waals surface area contributed by atoms with Crippen molar-refractivity contribution in [3.63, 3.8) is 0 Å². The lowest BCUT2D eigenvalue weighted by molar-refractivity contribution is 0.664. The smallest absolute Gasteiger partial charge is 0.145 e. The average molecular weight is 399 g/mol. The second-order valence-corrected chi connectivity index (χ2v) is 7.92. The van der Waals surface area contributed by atoms with Crippen molar-refractivity contribution in [3.05, 3.63) is 79.4 Å². The zero-order valence-corrected chi connectivity index (χ0v) is 16.2. The van der Waals surface area contributed by atoms with Crippen molar-refractivity contribution >= 4 is 71.2 Å². The number of nitrogens with zero attached hydrogens (tertiary/aromatic N) is 3.